The third-order valence-corrected chi connectivity index (χ3v) is 3.82. The predicted molar refractivity (Wildman–Crippen MR) is 93.9 cm³/mol. The molecular formula is C20H15N3O. The maximum atomic E-state index is 10.2. The third-order valence-electron chi connectivity index (χ3n) is 3.82. The molecule has 24 heavy (non-hydrogen) atoms. The molecule has 0 amide bonds. The lowest BCUT2D eigenvalue weighted by Gasteiger charge is -2.04. The predicted octanol–water partition coefficient (Wildman–Crippen LogP) is 4.31. The monoisotopic (exact) mass is 313 g/mol. The molecule has 0 bridgehead atoms. The Bertz CT molecular complexity index is 963. The highest BCUT2D eigenvalue weighted by Gasteiger charge is 2.11. The minimum atomic E-state index is 0.0637. The normalized spacial score (nSPS) is 10.7. The van der Waals surface area contributed by atoms with E-state index in [1.54, 1.807) is 18.3 Å². The number of aromatic hydroxyl groups is 1. The Hall–Kier alpha value is -3.40. The zero-order valence-electron chi connectivity index (χ0n) is 12.9. The van der Waals surface area contributed by atoms with Gasteiger partial charge in [-0.05, 0) is 29.3 Å². The van der Waals surface area contributed by atoms with E-state index < -0.39 is 0 Å². The molecule has 2 heterocycles. The largest absolute Gasteiger partial charge is 0.493 e. The molecule has 4 heteroatoms. The Balaban J connectivity index is 1.75. The molecule has 0 radical (unpaired) electrons. The summed E-state index contributed by atoms with van der Waals surface area (Å²) < 4.78 is 1.44. The van der Waals surface area contributed by atoms with Gasteiger partial charge in [-0.3, -0.25) is 0 Å². The minimum absolute atomic E-state index is 0.0637. The molecule has 116 valence electrons. The summed E-state index contributed by atoms with van der Waals surface area (Å²) in [6.07, 6.45) is 1.67. The van der Waals surface area contributed by atoms with Gasteiger partial charge in [0.2, 0.25) is 5.88 Å². The molecule has 0 aliphatic heterocycles. The molecule has 0 aliphatic carbocycles. The Morgan fingerprint density at radius 3 is 2.25 bits per heavy atom. The van der Waals surface area contributed by atoms with E-state index in [4.69, 9.17) is 0 Å². The van der Waals surface area contributed by atoms with Crippen LogP contribution in [0.15, 0.2) is 85.1 Å². The topological polar surface area (TPSA) is 50.9 Å². The number of benzene rings is 2. The summed E-state index contributed by atoms with van der Waals surface area (Å²) >= 11 is 0. The number of nitrogens with zero attached hydrogens (tertiary/aromatic N) is 3. The smallest absolute Gasteiger partial charge is 0.216 e. The zero-order valence-corrected chi connectivity index (χ0v) is 12.9. The van der Waals surface area contributed by atoms with E-state index in [2.05, 4.69) is 34.3 Å². The highest BCUT2D eigenvalue weighted by Crippen LogP contribution is 2.28. The summed E-state index contributed by atoms with van der Waals surface area (Å²) in [5, 5.41) is 14.7. The van der Waals surface area contributed by atoms with Crippen molar-refractivity contribution < 1.29 is 5.11 Å². The average Bonchev–Trinajstić information content (AvgIpc) is 3.05. The van der Waals surface area contributed by atoms with Crippen LogP contribution in [-0.2, 0) is 0 Å². The fraction of sp³-hybridized carbons (Fsp3) is 0. The van der Waals surface area contributed by atoms with Crippen LogP contribution in [0.4, 0.5) is 0 Å². The molecule has 0 spiro atoms. The first-order chi connectivity index (χ1) is 11.8. The maximum Gasteiger partial charge on any atom is 0.216 e. The fourth-order valence-electron chi connectivity index (χ4n) is 2.65. The van der Waals surface area contributed by atoms with Gasteiger partial charge in [-0.1, -0.05) is 54.6 Å². The maximum absolute atomic E-state index is 10.2. The van der Waals surface area contributed by atoms with E-state index in [0.29, 0.717) is 11.5 Å². The number of rotatable bonds is 3. The standard InChI is InChI=1S/C20H15N3O/c24-20-14-18(22-23(20)19-11-4-5-12-21-19)17-10-6-9-16(13-17)15-7-2-1-3-8-15/h1-14,24H. The van der Waals surface area contributed by atoms with E-state index in [-0.39, 0.29) is 5.88 Å². The van der Waals surface area contributed by atoms with Crippen molar-refractivity contribution in [3.63, 3.8) is 0 Å². The number of pyridine rings is 1. The van der Waals surface area contributed by atoms with Crippen molar-refractivity contribution in [3.8, 4) is 34.1 Å². The third kappa shape index (κ3) is 2.65. The van der Waals surface area contributed by atoms with Crippen LogP contribution in [0, 0.1) is 0 Å². The lowest BCUT2D eigenvalue weighted by Crippen LogP contribution is -1.98. The SMILES string of the molecule is Oc1cc(-c2cccc(-c3ccccc3)c2)nn1-c1ccccn1. The van der Waals surface area contributed by atoms with Crippen LogP contribution >= 0.6 is 0 Å². The van der Waals surface area contributed by atoms with Crippen LogP contribution in [0.2, 0.25) is 0 Å². The van der Waals surface area contributed by atoms with Crippen molar-refractivity contribution in [2.75, 3.05) is 0 Å². The molecule has 2 aromatic heterocycles. The fourth-order valence-corrected chi connectivity index (χ4v) is 2.65. The molecule has 0 unspecified atom stereocenters. The van der Waals surface area contributed by atoms with Crippen LogP contribution in [0.25, 0.3) is 28.2 Å². The Labute approximate surface area is 139 Å². The van der Waals surface area contributed by atoms with Crippen molar-refractivity contribution in [3.05, 3.63) is 85.1 Å². The second-order valence-electron chi connectivity index (χ2n) is 5.43. The van der Waals surface area contributed by atoms with Crippen LogP contribution in [0.3, 0.4) is 0 Å². The van der Waals surface area contributed by atoms with Crippen molar-refractivity contribution in [2.24, 2.45) is 0 Å². The summed E-state index contributed by atoms with van der Waals surface area (Å²) in [4.78, 5) is 4.22. The molecule has 4 nitrogen and oxygen atoms in total. The zero-order chi connectivity index (χ0) is 16.4. The molecule has 1 N–H and O–H groups in total. The van der Waals surface area contributed by atoms with Gasteiger partial charge in [0.05, 0.1) is 5.69 Å². The number of hydrogen-bond donors (Lipinski definition) is 1. The first-order valence-electron chi connectivity index (χ1n) is 7.67. The van der Waals surface area contributed by atoms with Crippen LogP contribution in [0.5, 0.6) is 5.88 Å². The highest BCUT2D eigenvalue weighted by molar-refractivity contribution is 5.71. The van der Waals surface area contributed by atoms with Crippen LogP contribution in [0.1, 0.15) is 0 Å². The van der Waals surface area contributed by atoms with Crippen LogP contribution < -0.4 is 0 Å². The van der Waals surface area contributed by atoms with E-state index in [9.17, 15) is 5.11 Å². The molecular weight excluding hydrogens is 298 g/mol. The molecule has 2 aromatic carbocycles. The van der Waals surface area contributed by atoms with E-state index >= 15 is 0 Å². The van der Waals surface area contributed by atoms with Gasteiger partial charge in [-0.15, -0.1) is 0 Å². The average molecular weight is 313 g/mol. The molecule has 0 aliphatic rings. The summed E-state index contributed by atoms with van der Waals surface area (Å²) in [7, 11) is 0. The Morgan fingerprint density at radius 2 is 1.46 bits per heavy atom. The van der Waals surface area contributed by atoms with Gasteiger partial charge >= 0.3 is 0 Å². The quantitative estimate of drug-likeness (QED) is 0.613. The minimum Gasteiger partial charge on any atom is -0.493 e. The summed E-state index contributed by atoms with van der Waals surface area (Å²) in [6.45, 7) is 0. The first kappa shape index (κ1) is 14.2. The second-order valence-corrected chi connectivity index (χ2v) is 5.43. The van der Waals surface area contributed by atoms with E-state index in [0.717, 1.165) is 16.7 Å². The van der Waals surface area contributed by atoms with Crippen molar-refractivity contribution in [2.45, 2.75) is 0 Å². The number of aromatic nitrogens is 3. The van der Waals surface area contributed by atoms with Gasteiger partial charge in [-0.25, -0.2) is 4.98 Å². The molecule has 0 fully saturated rings. The molecule has 4 aromatic rings. The lowest BCUT2D eigenvalue weighted by atomic mass is 10.0. The summed E-state index contributed by atoms with van der Waals surface area (Å²) in [6, 6.07) is 25.4. The van der Waals surface area contributed by atoms with Gasteiger partial charge in [0.1, 0.15) is 0 Å². The summed E-state index contributed by atoms with van der Waals surface area (Å²) in [5.74, 6) is 0.647. The van der Waals surface area contributed by atoms with Gasteiger partial charge in [0, 0.05) is 17.8 Å². The Kier molecular flexibility index (Phi) is 3.56. The lowest BCUT2D eigenvalue weighted by molar-refractivity contribution is 0.432. The van der Waals surface area contributed by atoms with E-state index in [1.807, 2.05) is 42.5 Å². The van der Waals surface area contributed by atoms with E-state index in [1.165, 1.54) is 4.68 Å². The van der Waals surface area contributed by atoms with Crippen molar-refractivity contribution in [1.29, 1.82) is 0 Å². The summed E-state index contributed by atoms with van der Waals surface area (Å²) in [5.41, 5.74) is 3.91. The number of hydrogen-bond acceptors (Lipinski definition) is 3. The second kappa shape index (κ2) is 6.01. The molecule has 0 atom stereocenters. The van der Waals surface area contributed by atoms with Gasteiger partial charge in [-0.2, -0.15) is 9.78 Å². The van der Waals surface area contributed by atoms with Gasteiger partial charge in [0.15, 0.2) is 5.82 Å². The van der Waals surface area contributed by atoms with Crippen molar-refractivity contribution >= 4 is 0 Å². The van der Waals surface area contributed by atoms with Crippen molar-refractivity contribution in [1.82, 2.24) is 14.8 Å². The molecule has 0 saturated heterocycles. The molecule has 0 saturated carbocycles. The molecule has 4 rings (SSSR count). The van der Waals surface area contributed by atoms with Gasteiger partial charge < -0.3 is 5.11 Å². The van der Waals surface area contributed by atoms with Crippen LogP contribution in [-0.4, -0.2) is 19.9 Å². The first-order valence-corrected chi connectivity index (χ1v) is 7.67. The Morgan fingerprint density at radius 1 is 0.708 bits per heavy atom. The van der Waals surface area contributed by atoms with Gasteiger partial charge in [0.25, 0.3) is 0 Å². The highest BCUT2D eigenvalue weighted by atomic mass is 16.3.